The average Bonchev–Trinajstić information content (AvgIpc) is 2.36. The Kier molecular flexibility index (Phi) is 3.62. The summed E-state index contributed by atoms with van der Waals surface area (Å²) in [6, 6.07) is 9.37. The van der Waals surface area contributed by atoms with Crippen molar-refractivity contribution in [3.8, 4) is 11.5 Å². The second-order valence-corrected chi connectivity index (χ2v) is 4.44. The molecular formula is C14H11ClO4. The monoisotopic (exact) mass is 278 g/mol. The van der Waals surface area contributed by atoms with Gasteiger partial charge in [0.1, 0.15) is 17.1 Å². The summed E-state index contributed by atoms with van der Waals surface area (Å²) in [5.41, 5.74) is 0.588. The van der Waals surface area contributed by atoms with Crippen molar-refractivity contribution in [1.29, 1.82) is 0 Å². The maximum absolute atomic E-state index is 10.9. The fourth-order valence-electron chi connectivity index (χ4n) is 1.80. The van der Waals surface area contributed by atoms with Crippen LogP contribution in [0.15, 0.2) is 36.4 Å². The van der Waals surface area contributed by atoms with Gasteiger partial charge in [-0.2, -0.15) is 0 Å². The van der Waals surface area contributed by atoms with Gasteiger partial charge in [-0.25, -0.2) is 4.79 Å². The van der Waals surface area contributed by atoms with Crippen molar-refractivity contribution in [3.63, 3.8) is 0 Å². The van der Waals surface area contributed by atoms with Gasteiger partial charge in [-0.15, -0.1) is 0 Å². The molecule has 0 amide bonds. The molecule has 98 valence electrons. The topological polar surface area (TPSA) is 77.8 Å². The third-order valence-electron chi connectivity index (χ3n) is 2.81. The zero-order valence-corrected chi connectivity index (χ0v) is 10.6. The zero-order valence-electron chi connectivity index (χ0n) is 9.80. The number of phenols is 2. The highest BCUT2D eigenvalue weighted by Crippen LogP contribution is 2.33. The summed E-state index contributed by atoms with van der Waals surface area (Å²) in [6.45, 7) is 0. The number of phenolic OH excluding ortho intramolecular Hbond substituents is 1. The number of aromatic carboxylic acids is 1. The summed E-state index contributed by atoms with van der Waals surface area (Å²) in [5.74, 6) is -1.85. The van der Waals surface area contributed by atoms with Crippen LogP contribution >= 0.6 is 11.6 Å². The van der Waals surface area contributed by atoms with Gasteiger partial charge in [-0.1, -0.05) is 29.8 Å². The summed E-state index contributed by atoms with van der Waals surface area (Å²) >= 11 is 6.00. The Morgan fingerprint density at radius 3 is 2.42 bits per heavy atom. The fourth-order valence-corrected chi connectivity index (χ4v) is 2.01. The van der Waals surface area contributed by atoms with E-state index in [1.807, 2.05) is 0 Å². The van der Waals surface area contributed by atoms with E-state index in [1.165, 1.54) is 6.07 Å². The molecule has 19 heavy (non-hydrogen) atoms. The van der Waals surface area contributed by atoms with E-state index in [0.29, 0.717) is 10.6 Å². The second kappa shape index (κ2) is 5.20. The highest BCUT2D eigenvalue weighted by Gasteiger charge is 2.17. The van der Waals surface area contributed by atoms with Crippen LogP contribution in [0.4, 0.5) is 0 Å². The summed E-state index contributed by atoms with van der Waals surface area (Å²) < 4.78 is 0. The van der Waals surface area contributed by atoms with Gasteiger partial charge < -0.3 is 15.3 Å². The van der Waals surface area contributed by atoms with Crippen molar-refractivity contribution in [2.75, 3.05) is 0 Å². The number of carboxylic acids is 1. The van der Waals surface area contributed by atoms with Crippen LogP contribution in [0, 0.1) is 0 Å². The molecule has 0 heterocycles. The number of benzene rings is 2. The molecule has 2 rings (SSSR count). The Morgan fingerprint density at radius 1 is 1.11 bits per heavy atom. The van der Waals surface area contributed by atoms with Crippen molar-refractivity contribution in [3.05, 3.63) is 58.1 Å². The smallest absolute Gasteiger partial charge is 0.339 e. The Morgan fingerprint density at radius 2 is 1.79 bits per heavy atom. The lowest BCUT2D eigenvalue weighted by molar-refractivity contribution is 0.0693. The Labute approximate surface area is 114 Å². The summed E-state index contributed by atoms with van der Waals surface area (Å²) in [6.07, 6.45) is 0.151. The minimum absolute atomic E-state index is 0.146. The number of carboxylic acid groups (broad SMARTS) is 1. The molecular weight excluding hydrogens is 268 g/mol. The van der Waals surface area contributed by atoms with Gasteiger partial charge in [0, 0.05) is 17.0 Å². The maximum Gasteiger partial charge on any atom is 0.339 e. The normalized spacial score (nSPS) is 10.4. The molecule has 0 aliphatic heterocycles. The standard InChI is InChI=1S/C14H11ClO4/c15-11-4-2-1-3-8(11)7-10-12(16)6-5-9(13(10)17)14(18)19/h1-6,16-17H,7H2,(H,18,19). The van der Waals surface area contributed by atoms with Crippen LogP contribution in [0.25, 0.3) is 0 Å². The first-order chi connectivity index (χ1) is 9.00. The van der Waals surface area contributed by atoms with Crippen molar-refractivity contribution in [2.45, 2.75) is 6.42 Å². The largest absolute Gasteiger partial charge is 0.508 e. The van der Waals surface area contributed by atoms with E-state index in [9.17, 15) is 15.0 Å². The van der Waals surface area contributed by atoms with Gasteiger partial charge in [-0.05, 0) is 23.8 Å². The first kappa shape index (κ1) is 13.2. The number of rotatable bonds is 3. The third-order valence-corrected chi connectivity index (χ3v) is 3.18. The van der Waals surface area contributed by atoms with Crippen molar-refractivity contribution in [2.24, 2.45) is 0 Å². The van der Waals surface area contributed by atoms with Crippen molar-refractivity contribution >= 4 is 17.6 Å². The van der Waals surface area contributed by atoms with E-state index < -0.39 is 11.7 Å². The Bertz CT molecular complexity index is 637. The molecule has 0 aliphatic carbocycles. The molecule has 0 fully saturated rings. The highest BCUT2D eigenvalue weighted by atomic mass is 35.5. The number of halogens is 1. The number of hydrogen-bond donors (Lipinski definition) is 3. The van der Waals surface area contributed by atoms with Crippen molar-refractivity contribution in [1.82, 2.24) is 0 Å². The summed E-state index contributed by atoms with van der Waals surface area (Å²) in [5, 5.41) is 29.1. The van der Waals surface area contributed by atoms with Gasteiger partial charge in [0.05, 0.1) is 0 Å². The van der Waals surface area contributed by atoms with Gasteiger partial charge >= 0.3 is 5.97 Å². The van der Waals surface area contributed by atoms with E-state index in [1.54, 1.807) is 24.3 Å². The predicted octanol–water partition coefficient (Wildman–Crippen LogP) is 3.04. The summed E-state index contributed by atoms with van der Waals surface area (Å²) in [7, 11) is 0. The van der Waals surface area contributed by atoms with E-state index in [-0.39, 0.29) is 23.3 Å². The van der Waals surface area contributed by atoms with E-state index >= 15 is 0 Å². The van der Waals surface area contributed by atoms with E-state index in [2.05, 4.69) is 0 Å². The van der Waals surface area contributed by atoms with Crippen molar-refractivity contribution < 1.29 is 20.1 Å². The second-order valence-electron chi connectivity index (χ2n) is 4.03. The van der Waals surface area contributed by atoms with Crippen LogP contribution in [-0.2, 0) is 6.42 Å². The average molecular weight is 279 g/mol. The minimum Gasteiger partial charge on any atom is -0.508 e. The Balaban J connectivity index is 2.48. The fraction of sp³-hybridized carbons (Fsp3) is 0.0714. The molecule has 0 aromatic heterocycles. The van der Waals surface area contributed by atoms with Gasteiger partial charge in [0.25, 0.3) is 0 Å². The quantitative estimate of drug-likeness (QED) is 0.806. The van der Waals surface area contributed by atoms with Crippen LogP contribution in [0.3, 0.4) is 0 Å². The molecule has 0 spiro atoms. The molecule has 0 saturated carbocycles. The molecule has 2 aromatic rings. The molecule has 3 N–H and O–H groups in total. The van der Waals surface area contributed by atoms with Gasteiger partial charge in [0.2, 0.25) is 0 Å². The molecule has 0 saturated heterocycles. The molecule has 0 atom stereocenters. The summed E-state index contributed by atoms with van der Waals surface area (Å²) in [4.78, 5) is 10.9. The third kappa shape index (κ3) is 2.63. The van der Waals surface area contributed by atoms with E-state index in [0.717, 1.165) is 6.07 Å². The van der Waals surface area contributed by atoms with Gasteiger partial charge in [0.15, 0.2) is 0 Å². The molecule has 0 bridgehead atoms. The number of aromatic hydroxyl groups is 2. The van der Waals surface area contributed by atoms with E-state index in [4.69, 9.17) is 16.7 Å². The minimum atomic E-state index is -1.25. The van der Waals surface area contributed by atoms with Crippen LogP contribution in [0.5, 0.6) is 11.5 Å². The van der Waals surface area contributed by atoms with Gasteiger partial charge in [-0.3, -0.25) is 0 Å². The first-order valence-corrected chi connectivity index (χ1v) is 5.89. The Hall–Kier alpha value is -2.20. The molecule has 0 unspecified atom stereocenters. The van der Waals surface area contributed by atoms with Crippen LogP contribution < -0.4 is 0 Å². The molecule has 0 aliphatic rings. The van der Waals surface area contributed by atoms with Crippen LogP contribution in [-0.4, -0.2) is 21.3 Å². The van der Waals surface area contributed by atoms with Crippen LogP contribution in [0.2, 0.25) is 5.02 Å². The molecule has 5 heteroatoms. The number of carbonyl (C=O) groups is 1. The lowest BCUT2D eigenvalue weighted by Crippen LogP contribution is -2.00. The van der Waals surface area contributed by atoms with Crippen LogP contribution in [0.1, 0.15) is 21.5 Å². The lowest BCUT2D eigenvalue weighted by atomic mass is 10.00. The zero-order chi connectivity index (χ0) is 14.0. The highest BCUT2D eigenvalue weighted by molar-refractivity contribution is 6.31. The SMILES string of the molecule is O=C(O)c1ccc(O)c(Cc2ccccc2Cl)c1O. The predicted molar refractivity (Wildman–Crippen MR) is 71.0 cm³/mol. The number of hydrogen-bond acceptors (Lipinski definition) is 3. The lowest BCUT2D eigenvalue weighted by Gasteiger charge is -2.10. The molecule has 2 aromatic carbocycles. The maximum atomic E-state index is 10.9. The molecule has 4 nitrogen and oxygen atoms in total. The molecule has 0 radical (unpaired) electrons. The first-order valence-electron chi connectivity index (χ1n) is 5.51.